The summed E-state index contributed by atoms with van der Waals surface area (Å²) in [5, 5.41) is 3.41. The van der Waals surface area contributed by atoms with E-state index in [9.17, 15) is 0 Å². The van der Waals surface area contributed by atoms with Gasteiger partial charge in [0.15, 0.2) is 0 Å². The minimum Gasteiger partial charge on any atom is -0.478 e. The normalized spacial score (nSPS) is 22.2. The Morgan fingerprint density at radius 2 is 2.27 bits per heavy atom. The van der Waals surface area contributed by atoms with E-state index in [1.54, 1.807) is 0 Å². The van der Waals surface area contributed by atoms with Gasteiger partial charge in [0.25, 0.3) is 0 Å². The van der Waals surface area contributed by atoms with E-state index in [4.69, 9.17) is 4.74 Å². The molecule has 15 heavy (non-hydrogen) atoms. The molecule has 0 amide bonds. The number of anilines is 1. The van der Waals surface area contributed by atoms with Crippen LogP contribution < -0.4 is 10.1 Å². The van der Waals surface area contributed by atoms with Crippen molar-refractivity contribution in [2.75, 3.05) is 11.9 Å². The predicted octanol–water partition coefficient (Wildman–Crippen LogP) is 2.69. The van der Waals surface area contributed by atoms with Crippen LogP contribution in [0.5, 0.6) is 5.88 Å². The third-order valence-corrected chi connectivity index (χ3v) is 2.85. The summed E-state index contributed by atoms with van der Waals surface area (Å²) in [6, 6.07) is 6.39. The lowest BCUT2D eigenvalue weighted by Crippen LogP contribution is -2.09. The van der Waals surface area contributed by atoms with E-state index in [1.165, 1.54) is 6.42 Å². The molecule has 1 aliphatic rings. The number of pyridine rings is 1. The lowest BCUT2D eigenvalue weighted by atomic mass is 10.2. The van der Waals surface area contributed by atoms with Crippen molar-refractivity contribution in [3.8, 4) is 5.88 Å². The molecule has 1 atom stereocenters. The van der Waals surface area contributed by atoms with Gasteiger partial charge in [-0.2, -0.15) is 4.98 Å². The number of hydrogen-bond acceptors (Lipinski definition) is 3. The predicted molar refractivity (Wildman–Crippen MR) is 61.2 cm³/mol. The van der Waals surface area contributed by atoms with Crippen molar-refractivity contribution >= 4 is 5.82 Å². The second-order valence-corrected chi connectivity index (χ2v) is 4.68. The number of nitrogens with zero attached hydrogens (tertiary/aromatic N) is 1. The molecule has 1 aliphatic carbocycles. The van der Waals surface area contributed by atoms with Gasteiger partial charge in [0.1, 0.15) is 5.82 Å². The molecule has 3 heteroatoms. The van der Waals surface area contributed by atoms with E-state index in [1.807, 2.05) is 25.1 Å². The Kier molecular flexibility index (Phi) is 2.55. The molecule has 1 N–H and O–H groups in total. The lowest BCUT2D eigenvalue weighted by Gasteiger charge is -2.08. The molecule has 1 aromatic heterocycles. The van der Waals surface area contributed by atoms with Crippen LogP contribution in [-0.2, 0) is 0 Å². The van der Waals surface area contributed by atoms with Crippen LogP contribution in [-0.4, -0.2) is 17.6 Å². The first-order valence-corrected chi connectivity index (χ1v) is 5.48. The summed E-state index contributed by atoms with van der Waals surface area (Å²) in [5.74, 6) is 1.61. The Morgan fingerprint density at radius 3 is 2.87 bits per heavy atom. The first kappa shape index (κ1) is 10.3. The molecule has 0 aromatic carbocycles. The highest BCUT2D eigenvalue weighted by molar-refractivity contribution is 5.40. The SMILES string of the molecule is CCOc1cccc(NC2CC2(C)C)n1. The van der Waals surface area contributed by atoms with Crippen LogP contribution in [0, 0.1) is 5.41 Å². The van der Waals surface area contributed by atoms with Gasteiger partial charge < -0.3 is 10.1 Å². The standard InChI is InChI=1S/C12H18N2O/c1-4-15-11-7-5-6-10(14-11)13-9-8-12(9,2)3/h5-7,9H,4,8H2,1-3H3,(H,13,14). The summed E-state index contributed by atoms with van der Waals surface area (Å²) in [5.41, 5.74) is 0.420. The summed E-state index contributed by atoms with van der Waals surface area (Å²) in [7, 11) is 0. The fraction of sp³-hybridized carbons (Fsp3) is 0.583. The van der Waals surface area contributed by atoms with E-state index in [0.29, 0.717) is 23.9 Å². The molecule has 2 rings (SSSR count). The Morgan fingerprint density at radius 1 is 1.53 bits per heavy atom. The molecule has 1 fully saturated rings. The summed E-state index contributed by atoms with van der Waals surface area (Å²) in [4.78, 5) is 4.37. The fourth-order valence-electron chi connectivity index (χ4n) is 1.62. The lowest BCUT2D eigenvalue weighted by molar-refractivity contribution is 0.327. The van der Waals surface area contributed by atoms with Gasteiger partial charge in [-0.1, -0.05) is 19.9 Å². The maximum atomic E-state index is 5.35. The average molecular weight is 206 g/mol. The highest BCUT2D eigenvalue weighted by Crippen LogP contribution is 2.46. The quantitative estimate of drug-likeness (QED) is 0.822. The van der Waals surface area contributed by atoms with E-state index < -0.39 is 0 Å². The Labute approximate surface area is 90.9 Å². The number of aromatic nitrogens is 1. The largest absolute Gasteiger partial charge is 0.478 e. The molecule has 0 spiro atoms. The molecule has 0 aliphatic heterocycles. The van der Waals surface area contributed by atoms with E-state index >= 15 is 0 Å². The van der Waals surface area contributed by atoms with Crippen molar-refractivity contribution in [2.45, 2.75) is 33.2 Å². The van der Waals surface area contributed by atoms with Gasteiger partial charge in [-0.15, -0.1) is 0 Å². The summed E-state index contributed by atoms with van der Waals surface area (Å²) < 4.78 is 5.35. The zero-order valence-corrected chi connectivity index (χ0v) is 9.58. The summed E-state index contributed by atoms with van der Waals surface area (Å²) >= 11 is 0. The van der Waals surface area contributed by atoms with Gasteiger partial charge in [-0.3, -0.25) is 0 Å². The zero-order valence-electron chi connectivity index (χ0n) is 9.58. The zero-order chi connectivity index (χ0) is 10.9. The van der Waals surface area contributed by atoms with Crippen LogP contribution in [0.3, 0.4) is 0 Å². The Hall–Kier alpha value is -1.25. The molecule has 3 nitrogen and oxygen atoms in total. The molecular weight excluding hydrogens is 188 g/mol. The minimum absolute atomic E-state index is 0.420. The van der Waals surface area contributed by atoms with Gasteiger partial charge in [-0.25, -0.2) is 0 Å². The van der Waals surface area contributed by atoms with Crippen LogP contribution in [0.25, 0.3) is 0 Å². The van der Waals surface area contributed by atoms with Gasteiger partial charge in [0.05, 0.1) is 6.61 Å². The van der Waals surface area contributed by atoms with Gasteiger partial charge in [-0.05, 0) is 24.8 Å². The molecule has 82 valence electrons. The van der Waals surface area contributed by atoms with Crippen molar-refractivity contribution in [1.29, 1.82) is 0 Å². The van der Waals surface area contributed by atoms with Crippen molar-refractivity contribution in [2.24, 2.45) is 5.41 Å². The van der Waals surface area contributed by atoms with Crippen LogP contribution in [0.15, 0.2) is 18.2 Å². The topological polar surface area (TPSA) is 34.1 Å². The Bertz CT molecular complexity index is 349. The third-order valence-electron chi connectivity index (χ3n) is 2.85. The molecule has 0 bridgehead atoms. The molecule has 1 saturated carbocycles. The molecule has 1 heterocycles. The minimum atomic E-state index is 0.420. The van der Waals surface area contributed by atoms with Crippen molar-refractivity contribution in [1.82, 2.24) is 4.98 Å². The van der Waals surface area contributed by atoms with E-state index in [-0.39, 0.29) is 0 Å². The van der Waals surface area contributed by atoms with E-state index in [0.717, 1.165) is 5.82 Å². The van der Waals surface area contributed by atoms with Crippen LogP contribution >= 0.6 is 0 Å². The fourth-order valence-corrected chi connectivity index (χ4v) is 1.62. The van der Waals surface area contributed by atoms with Gasteiger partial charge >= 0.3 is 0 Å². The number of ether oxygens (including phenoxy) is 1. The molecule has 0 saturated heterocycles. The van der Waals surface area contributed by atoms with Gasteiger partial charge in [0, 0.05) is 12.1 Å². The summed E-state index contributed by atoms with van der Waals surface area (Å²) in [6.45, 7) is 7.14. The molecule has 1 unspecified atom stereocenters. The van der Waals surface area contributed by atoms with Crippen molar-refractivity contribution < 1.29 is 4.74 Å². The van der Waals surface area contributed by atoms with Crippen LogP contribution in [0.2, 0.25) is 0 Å². The number of rotatable bonds is 4. The molecule has 1 aromatic rings. The second kappa shape index (κ2) is 3.72. The smallest absolute Gasteiger partial charge is 0.215 e. The highest BCUT2D eigenvalue weighted by atomic mass is 16.5. The summed E-state index contributed by atoms with van der Waals surface area (Å²) in [6.07, 6.45) is 1.22. The number of nitrogens with one attached hydrogen (secondary N) is 1. The second-order valence-electron chi connectivity index (χ2n) is 4.68. The maximum absolute atomic E-state index is 5.35. The van der Waals surface area contributed by atoms with Crippen LogP contribution in [0.1, 0.15) is 27.2 Å². The third kappa shape index (κ3) is 2.41. The van der Waals surface area contributed by atoms with Crippen LogP contribution in [0.4, 0.5) is 5.82 Å². The van der Waals surface area contributed by atoms with Gasteiger partial charge in [0.2, 0.25) is 5.88 Å². The highest BCUT2D eigenvalue weighted by Gasteiger charge is 2.45. The molecule has 0 radical (unpaired) electrons. The number of hydrogen-bond donors (Lipinski definition) is 1. The average Bonchev–Trinajstić information content (AvgIpc) is 2.74. The maximum Gasteiger partial charge on any atom is 0.215 e. The van der Waals surface area contributed by atoms with Crippen molar-refractivity contribution in [3.05, 3.63) is 18.2 Å². The van der Waals surface area contributed by atoms with Crippen molar-refractivity contribution in [3.63, 3.8) is 0 Å². The monoisotopic (exact) mass is 206 g/mol. The Balaban J connectivity index is 2.00. The first-order valence-electron chi connectivity index (χ1n) is 5.48. The van der Waals surface area contributed by atoms with E-state index in [2.05, 4.69) is 24.1 Å². The molecular formula is C12H18N2O. The first-order chi connectivity index (χ1) is 7.12.